The molecule has 0 amide bonds. The van der Waals surface area contributed by atoms with Crippen LogP contribution in [0.15, 0.2) is 41.4 Å². The van der Waals surface area contributed by atoms with Gasteiger partial charge in [-0.25, -0.2) is 4.39 Å². The second kappa shape index (κ2) is 8.89. The Labute approximate surface area is 163 Å². The molecule has 0 saturated carbocycles. The molecule has 25 heavy (non-hydrogen) atoms. The minimum atomic E-state index is -0.197. The highest BCUT2D eigenvalue weighted by Gasteiger charge is 2.13. The van der Waals surface area contributed by atoms with Crippen molar-refractivity contribution in [3.63, 3.8) is 0 Å². The largest absolute Gasteiger partial charge is 0.454 e. The Morgan fingerprint density at radius 1 is 1.04 bits per heavy atom. The second-order valence-electron chi connectivity index (χ2n) is 5.55. The third kappa shape index (κ3) is 4.97. The van der Waals surface area contributed by atoms with E-state index in [1.54, 1.807) is 20.0 Å². The lowest BCUT2D eigenvalue weighted by Gasteiger charge is -2.12. The third-order valence-electron chi connectivity index (χ3n) is 3.82. The van der Waals surface area contributed by atoms with Crippen LogP contribution in [-0.2, 0) is 13.1 Å². The highest BCUT2D eigenvalue weighted by atomic mass is 127. The first kappa shape index (κ1) is 19.3. The molecule has 0 bridgehead atoms. The first-order valence-electron chi connectivity index (χ1n) is 7.74. The summed E-state index contributed by atoms with van der Waals surface area (Å²) in [5.41, 5.74) is 2.57. The van der Waals surface area contributed by atoms with Crippen LogP contribution in [0, 0.1) is 12.7 Å². The van der Waals surface area contributed by atoms with E-state index in [1.807, 2.05) is 24.3 Å². The first-order chi connectivity index (χ1) is 11.7. The second-order valence-corrected chi connectivity index (χ2v) is 5.55. The zero-order chi connectivity index (χ0) is 16.9. The van der Waals surface area contributed by atoms with E-state index in [-0.39, 0.29) is 36.6 Å². The molecule has 0 saturated heterocycles. The summed E-state index contributed by atoms with van der Waals surface area (Å²) >= 11 is 0. The lowest BCUT2D eigenvalue weighted by Crippen LogP contribution is -2.36. The number of rotatable bonds is 4. The molecule has 5 nitrogen and oxygen atoms in total. The van der Waals surface area contributed by atoms with Gasteiger partial charge in [0.2, 0.25) is 6.79 Å². The van der Waals surface area contributed by atoms with Crippen LogP contribution in [-0.4, -0.2) is 19.8 Å². The maximum Gasteiger partial charge on any atom is 0.231 e. The highest BCUT2D eigenvalue weighted by Crippen LogP contribution is 2.32. The Morgan fingerprint density at radius 3 is 2.36 bits per heavy atom. The van der Waals surface area contributed by atoms with Gasteiger partial charge in [-0.15, -0.1) is 24.0 Å². The van der Waals surface area contributed by atoms with Crippen LogP contribution >= 0.6 is 24.0 Å². The zero-order valence-corrected chi connectivity index (χ0v) is 16.5. The fourth-order valence-corrected chi connectivity index (χ4v) is 2.39. The number of halogens is 2. The summed E-state index contributed by atoms with van der Waals surface area (Å²) in [7, 11) is 1.70. The standard InChI is InChI=1S/C18H20FN3O2.HI/c1-12-3-4-13(7-15(12)19)9-21-18(20-2)22-10-14-5-6-16-17(8-14)24-11-23-16;/h3-8H,9-11H2,1-2H3,(H2,20,21,22);1H. The average Bonchev–Trinajstić information content (AvgIpc) is 3.06. The molecule has 2 N–H and O–H groups in total. The molecule has 1 heterocycles. The number of aliphatic imine (C=N–C) groups is 1. The fraction of sp³-hybridized carbons (Fsp3) is 0.278. The third-order valence-corrected chi connectivity index (χ3v) is 3.82. The van der Waals surface area contributed by atoms with Gasteiger partial charge in [-0.05, 0) is 41.8 Å². The number of fused-ring (bicyclic) bond motifs is 1. The van der Waals surface area contributed by atoms with Gasteiger partial charge in [0.1, 0.15) is 5.82 Å². The van der Waals surface area contributed by atoms with Crippen LogP contribution in [0.3, 0.4) is 0 Å². The Morgan fingerprint density at radius 2 is 1.68 bits per heavy atom. The van der Waals surface area contributed by atoms with E-state index < -0.39 is 0 Å². The van der Waals surface area contributed by atoms with Gasteiger partial charge in [0, 0.05) is 20.1 Å². The van der Waals surface area contributed by atoms with Crippen molar-refractivity contribution >= 4 is 29.9 Å². The van der Waals surface area contributed by atoms with Crippen molar-refractivity contribution in [3.8, 4) is 11.5 Å². The molecule has 1 aliphatic heterocycles. The van der Waals surface area contributed by atoms with Crippen LogP contribution in [0.2, 0.25) is 0 Å². The number of benzene rings is 2. The monoisotopic (exact) mass is 457 g/mol. The van der Waals surface area contributed by atoms with E-state index in [4.69, 9.17) is 9.47 Å². The smallest absolute Gasteiger partial charge is 0.231 e. The van der Waals surface area contributed by atoms with Gasteiger partial charge in [-0.2, -0.15) is 0 Å². The van der Waals surface area contributed by atoms with Crippen molar-refractivity contribution < 1.29 is 13.9 Å². The van der Waals surface area contributed by atoms with Crippen molar-refractivity contribution in [2.45, 2.75) is 20.0 Å². The number of guanidine groups is 1. The van der Waals surface area contributed by atoms with E-state index >= 15 is 0 Å². The SMILES string of the molecule is CN=C(NCc1ccc(C)c(F)c1)NCc1ccc2c(c1)OCO2.I. The molecule has 0 unspecified atom stereocenters. The average molecular weight is 457 g/mol. The van der Waals surface area contributed by atoms with E-state index in [1.165, 1.54) is 6.07 Å². The number of nitrogens with one attached hydrogen (secondary N) is 2. The number of hydrogen-bond donors (Lipinski definition) is 2. The van der Waals surface area contributed by atoms with Gasteiger partial charge in [0.25, 0.3) is 0 Å². The molecular weight excluding hydrogens is 436 g/mol. The highest BCUT2D eigenvalue weighted by molar-refractivity contribution is 14.0. The van der Waals surface area contributed by atoms with Crippen molar-refractivity contribution in [3.05, 3.63) is 58.9 Å². The summed E-state index contributed by atoms with van der Waals surface area (Å²) in [6.07, 6.45) is 0. The number of ether oxygens (including phenoxy) is 2. The van der Waals surface area contributed by atoms with Crippen LogP contribution in [0.4, 0.5) is 4.39 Å². The fourth-order valence-electron chi connectivity index (χ4n) is 2.39. The van der Waals surface area contributed by atoms with Crippen molar-refractivity contribution in [1.82, 2.24) is 10.6 Å². The predicted molar refractivity (Wildman–Crippen MR) is 106 cm³/mol. The van der Waals surface area contributed by atoms with Gasteiger partial charge in [-0.3, -0.25) is 4.99 Å². The molecule has 0 fully saturated rings. The lowest BCUT2D eigenvalue weighted by molar-refractivity contribution is 0.174. The number of aryl methyl sites for hydroxylation is 1. The summed E-state index contributed by atoms with van der Waals surface area (Å²) in [5.74, 6) is 1.97. The zero-order valence-electron chi connectivity index (χ0n) is 14.1. The molecule has 2 aromatic rings. The maximum absolute atomic E-state index is 13.6. The molecule has 7 heteroatoms. The van der Waals surface area contributed by atoms with Crippen molar-refractivity contribution in [2.75, 3.05) is 13.8 Å². The van der Waals surface area contributed by atoms with Crippen LogP contribution in [0.1, 0.15) is 16.7 Å². The lowest BCUT2D eigenvalue weighted by atomic mass is 10.1. The molecule has 2 aromatic carbocycles. The summed E-state index contributed by atoms with van der Waals surface area (Å²) in [5, 5.41) is 6.39. The van der Waals surface area contributed by atoms with E-state index in [2.05, 4.69) is 15.6 Å². The van der Waals surface area contributed by atoms with Crippen molar-refractivity contribution in [2.24, 2.45) is 4.99 Å². The predicted octanol–water partition coefficient (Wildman–Crippen LogP) is 3.35. The summed E-state index contributed by atoms with van der Waals surface area (Å²) in [4.78, 5) is 4.18. The molecule has 134 valence electrons. The summed E-state index contributed by atoms with van der Waals surface area (Å²) in [6.45, 7) is 3.11. The first-order valence-corrected chi connectivity index (χ1v) is 7.74. The topological polar surface area (TPSA) is 54.9 Å². The molecule has 1 aliphatic rings. The van der Waals surface area contributed by atoms with E-state index in [0.717, 1.165) is 22.6 Å². The molecule has 3 rings (SSSR count). The van der Waals surface area contributed by atoms with E-state index in [0.29, 0.717) is 24.6 Å². The molecule has 0 aromatic heterocycles. The number of hydrogen-bond acceptors (Lipinski definition) is 3. The van der Waals surface area contributed by atoms with Gasteiger partial charge >= 0.3 is 0 Å². The Bertz CT molecular complexity index is 768. The maximum atomic E-state index is 13.6. The minimum absolute atomic E-state index is 0. The summed E-state index contributed by atoms with van der Waals surface area (Å²) in [6, 6.07) is 11.0. The van der Waals surface area contributed by atoms with Gasteiger partial charge in [-0.1, -0.05) is 18.2 Å². The van der Waals surface area contributed by atoms with Crippen LogP contribution in [0.25, 0.3) is 0 Å². The Balaban J connectivity index is 0.00000225. The summed E-state index contributed by atoms with van der Waals surface area (Å²) < 4.78 is 24.2. The van der Waals surface area contributed by atoms with Gasteiger partial charge in [0.15, 0.2) is 17.5 Å². The van der Waals surface area contributed by atoms with Gasteiger partial charge in [0.05, 0.1) is 0 Å². The molecule has 0 radical (unpaired) electrons. The van der Waals surface area contributed by atoms with Crippen LogP contribution < -0.4 is 20.1 Å². The quantitative estimate of drug-likeness (QED) is 0.420. The minimum Gasteiger partial charge on any atom is -0.454 e. The van der Waals surface area contributed by atoms with Crippen LogP contribution in [0.5, 0.6) is 11.5 Å². The number of nitrogens with zero attached hydrogens (tertiary/aromatic N) is 1. The Hall–Kier alpha value is -2.03. The molecular formula is C18H21FIN3O2. The van der Waals surface area contributed by atoms with E-state index in [9.17, 15) is 4.39 Å². The molecule has 0 spiro atoms. The normalized spacial score (nSPS) is 12.5. The molecule has 0 aliphatic carbocycles. The molecule has 0 atom stereocenters. The Kier molecular flexibility index (Phi) is 6.86. The van der Waals surface area contributed by atoms with Gasteiger partial charge < -0.3 is 20.1 Å². The van der Waals surface area contributed by atoms with Crippen molar-refractivity contribution in [1.29, 1.82) is 0 Å².